The van der Waals surface area contributed by atoms with Gasteiger partial charge >= 0.3 is 0 Å². The Morgan fingerprint density at radius 3 is 2.67 bits per heavy atom. The highest BCUT2D eigenvalue weighted by molar-refractivity contribution is 5.01. The lowest BCUT2D eigenvalue weighted by atomic mass is 10.1. The first kappa shape index (κ1) is 12.8. The van der Waals surface area contributed by atoms with Crippen molar-refractivity contribution < 1.29 is 0 Å². The van der Waals surface area contributed by atoms with Crippen molar-refractivity contribution in [1.82, 2.24) is 30.1 Å². The summed E-state index contributed by atoms with van der Waals surface area (Å²) in [6.07, 6.45) is 3.86. The highest BCUT2D eigenvalue weighted by Crippen LogP contribution is 2.03. The summed E-state index contributed by atoms with van der Waals surface area (Å²) >= 11 is 0. The topological polar surface area (TPSA) is 60.6 Å². The van der Waals surface area contributed by atoms with Crippen LogP contribution in [0.25, 0.3) is 0 Å². The van der Waals surface area contributed by atoms with E-state index in [1.54, 1.807) is 4.68 Å². The van der Waals surface area contributed by atoms with E-state index in [1.807, 2.05) is 30.2 Å². The zero-order valence-electron chi connectivity index (χ0n) is 11.4. The first-order valence-electron chi connectivity index (χ1n) is 6.05. The molecule has 1 N–H and O–H groups in total. The molecule has 98 valence electrons. The van der Waals surface area contributed by atoms with Crippen LogP contribution in [0.3, 0.4) is 0 Å². The van der Waals surface area contributed by atoms with Gasteiger partial charge in [-0.3, -0.25) is 9.36 Å². The minimum atomic E-state index is 0.106. The van der Waals surface area contributed by atoms with Crippen molar-refractivity contribution in [3.63, 3.8) is 0 Å². The summed E-state index contributed by atoms with van der Waals surface area (Å²) in [5.74, 6) is 0. The Bertz CT molecular complexity index is 505. The monoisotopic (exact) mass is 248 g/mol. The van der Waals surface area contributed by atoms with Crippen LogP contribution in [0.2, 0.25) is 0 Å². The normalized spacial score (nSPS) is 12.0. The van der Waals surface area contributed by atoms with E-state index in [9.17, 15) is 0 Å². The van der Waals surface area contributed by atoms with E-state index in [0.717, 1.165) is 17.9 Å². The van der Waals surface area contributed by atoms with Gasteiger partial charge in [-0.1, -0.05) is 5.21 Å². The Morgan fingerprint density at radius 1 is 1.28 bits per heavy atom. The van der Waals surface area contributed by atoms with Crippen molar-refractivity contribution in [2.24, 2.45) is 7.05 Å². The lowest BCUT2D eigenvalue weighted by Gasteiger charge is -2.19. The number of hydrogen-bond donors (Lipinski definition) is 1. The van der Waals surface area contributed by atoms with Crippen LogP contribution < -0.4 is 5.32 Å². The molecule has 0 aromatic carbocycles. The molecule has 2 rings (SSSR count). The van der Waals surface area contributed by atoms with E-state index < -0.39 is 0 Å². The van der Waals surface area contributed by atoms with Gasteiger partial charge in [0.2, 0.25) is 0 Å². The smallest absolute Gasteiger partial charge is 0.104 e. The van der Waals surface area contributed by atoms with Gasteiger partial charge in [0.1, 0.15) is 5.69 Å². The molecule has 0 amide bonds. The van der Waals surface area contributed by atoms with E-state index in [1.165, 1.54) is 0 Å². The second-order valence-corrected chi connectivity index (χ2v) is 5.49. The van der Waals surface area contributed by atoms with Crippen LogP contribution in [-0.2, 0) is 20.1 Å². The molecule has 0 atom stereocenters. The number of nitrogens with one attached hydrogen (secondary N) is 1. The Balaban J connectivity index is 1.94. The number of hydrogen-bond acceptors (Lipinski definition) is 4. The third-order valence-corrected chi connectivity index (χ3v) is 2.47. The first-order chi connectivity index (χ1) is 8.42. The first-order valence-corrected chi connectivity index (χ1v) is 6.05. The van der Waals surface area contributed by atoms with E-state index >= 15 is 0 Å². The number of aromatic nitrogens is 5. The van der Waals surface area contributed by atoms with Gasteiger partial charge in [0.15, 0.2) is 0 Å². The molecule has 6 nitrogen and oxygen atoms in total. The Kier molecular flexibility index (Phi) is 3.47. The van der Waals surface area contributed by atoms with Gasteiger partial charge < -0.3 is 5.32 Å². The Hall–Kier alpha value is -1.69. The molecule has 2 heterocycles. The number of aryl methyl sites for hydroxylation is 1. The molecule has 0 saturated carbocycles. The SMILES string of the molecule is Cn1cc(Cn2ccc(CNC(C)(C)C)n2)nn1. The molecule has 0 unspecified atom stereocenters. The van der Waals surface area contributed by atoms with Crippen molar-refractivity contribution in [2.75, 3.05) is 0 Å². The molecule has 6 heteroatoms. The van der Waals surface area contributed by atoms with Gasteiger partial charge in [-0.15, -0.1) is 5.10 Å². The van der Waals surface area contributed by atoms with Crippen LogP contribution in [0.4, 0.5) is 0 Å². The van der Waals surface area contributed by atoms with Gasteiger partial charge in [0.25, 0.3) is 0 Å². The van der Waals surface area contributed by atoms with Crippen molar-refractivity contribution in [1.29, 1.82) is 0 Å². The molecule has 0 fully saturated rings. The molecular formula is C12H20N6. The van der Waals surface area contributed by atoms with Crippen LogP contribution in [-0.4, -0.2) is 30.3 Å². The van der Waals surface area contributed by atoms with Gasteiger partial charge in [-0.05, 0) is 26.8 Å². The lowest BCUT2D eigenvalue weighted by Crippen LogP contribution is -2.35. The van der Waals surface area contributed by atoms with E-state index in [-0.39, 0.29) is 5.54 Å². The highest BCUT2D eigenvalue weighted by Gasteiger charge is 2.09. The standard InChI is InChI=1S/C12H20N6/c1-12(2,3)13-7-10-5-6-18(15-10)9-11-8-17(4)16-14-11/h5-6,8,13H,7,9H2,1-4H3. The third-order valence-electron chi connectivity index (χ3n) is 2.47. The minimum absolute atomic E-state index is 0.106. The molecule has 0 radical (unpaired) electrons. The predicted octanol–water partition coefficient (Wildman–Crippen LogP) is 0.948. The van der Waals surface area contributed by atoms with Crippen molar-refractivity contribution in [2.45, 2.75) is 39.4 Å². The quantitative estimate of drug-likeness (QED) is 0.875. The summed E-state index contributed by atoms with van der Waals surface area (Å²) in [5.41, 5.74) is 2.05. The maximum absolute atomic E-state index is 4.49. The summed E-state index contributed by atoms with van der Waals surface area (Å²) < 4.78 is 3.57. The molecule has 2 aromatic heterocycles. The molecule has 0 aliphatic rings. The fourth-order valence-electron chi connectivity index (χ4n) is 1.58. The van der Waals surface area contributed by atoms with Crippen molar-refractivity contribution in [3.05, 3.63) is 29.8 Å². The average molecular weight is 248 g/mol. The summed E-state index contributed by atoms with van der Waals surface area (Å²) in [6.45, 7) is 7.86. The van der Waals surface area contributed by atoms with Gasteiger partial charge in [0, 0.05) is 31.5 Å². The minimum Gasteiger partial charge on any atom is -0.306 e. The van der Waals surface area contributed by atoms with E-state index in [0.29, 0.717) is 6.54 Å². The average Bonchev–Trinajstić information content (AvgIpc) is 2.85. The predicted molar refractivity (Wildman–Crippen MR) is 68.9 cm³/mol. The van der Waals surface area contributed by atoms with E-state index in [2.05, 4.69) is 41.5 Å². The van der Waals surface area contributed by atoms with Crippen molar-refractivity contribution in [3.8, 4) is 0 Å². The van der Waals surface area contributed by atoms with Crippen LogP contribution >= 0.6 is 0 Å². The molecule has 0 aliphatic heterocycles. The van der Waals surface area contributed by atoms with Gasteiger partial charge in [0.05, 0.1) is 12.2 Å². The maximum Gasteiger partial charge on any atom is 0.104 e. The van der Waals surface area contributed by atoms with Crippen LogP contribution in [0.15, 0.2) is 18.5 Å². The van der Waals surface area contributed by atoms with Crippen LogP contribution in [0.1, 0.15) is 32.2 Å². The second kappa shape index (κ2) is 4.89. The molecule has 18 heavy (non-hydrogen) atoms. The molecule has 2 aromatic rings. The lowest BCUT2D eigenvalue weighted by molar-refractivity contribution is 0.419. The molecule has 0 saturated heterocycles. The van der Waals surface area contributed by atoms with E-state index in [4.69, 9.17) is 0 Å². The highest BCUT2D eigenvalue weighted by atomic mass is 15.4. The fourth-order valence-corrected chi connectivity index (χ4v) is 1.58. The zero-order chi connectivity index (χ0) is 13.2. The molecular weight excluding hydrogens is 228 g/mol. The fraction of sp³-hybridized carbons (Fsp3) is 0.583. The van der Waals surface area contributed by atoms with Crippen LogP contribution in [0.5, 0.6) is 0 Å². The van der Waals surface area contributed by atoms with Gasteiger partial charge in [-0.2, -0.15) is 5.10 Å². The second-order valence-electron chi connectivity index (χ2n) is 5.49. The Labute approximate surface area is 107 Å². The summed E-state index contributed by atoms with van der Waals surface area (Å²) in [7, 11) is 1.86. The molecule has 0 aliphatic carbocycles. The van der Waals surface area contributed by atoms with Crippen LogP contribution in [0, 0.1) is 0 Å². The zero-order valence-corrected chi connectivity index (χ0v) is 11.4. The summed E-state index contributed by atoms with van der Waals surface area (Å²) in [6, 6.07) is 2.02. The number of nitrogens with zero attached hydrogens (tertiary/aromatic N) is 5. The summed E-state index contributed by atoms with van der Waals surface area (Å²) in [5, 5.41) is 15.9. The Morgan fingerprint density at radius 2 is 2.06 bits per heavy atom. The van der Waals surface area contributed by atoms with Gasteiger partial charge in [-0.25, -0.2) is 0 Å². The summed E-state index contributed by atoms with van der Waals surface area (Å²) in [4.78, 5) is 0. The number of rotatable bonds is 4. The largest absolute Gasteiger partial charge is 0.306 e. The third kappa shape index (κ3) is 3.66. The molecule has 0 bridgehead atoms. The molecule has 0 spiro atoms. The maximum atomic E-state index is 4.49. The van der Waals surface area contributed by atoms with Crippen molar-refractivity contribution >= 4 is 0 Å².